The van der Waals surface area contributed by atoms with E-state index in [1.807, 2.05) is 13.0 Å². The van der Waals surface area contributed by atoms with Gasteiger partial charge >= 0.3 is 0 Å². The van der Waals surface area contributed by atoms with Gasteiger partial charge in [0.2, 0.25) is 15.9 Å². The lowest BCUT2D eigenvalue weighted by Crippen LogP contribution is -2.43. The Labute approximate surface area is 178 Å². The van der Waals surface area contributed by atoms with Gasteiger partial charge in [-0.15, -0.1) is 0 Å². The average Bonchev–Trinajstić information content (AvgIpc) is 2.74. The summed E-state index contributed by atoms with van der Waals surface area (Å²) in [6.45, 7) is 2.50. The fourth-order valence-corrected chi connectivity index (χ4v) is 6.42. The Morgan fingerprint density at radius 1 is 0.967 bits per heavy atom. The lowest BCUT2D eigenvalue weighted by atomic mass is 10.1. The second-order valence-corrected chi connectivity index (χ2v) is 11.4. The van der Waals surface area contributed by atoms with E-state index in [2.05, 4.69) is 4.72 Å². The minimum absolute atomic E-state index is 0.00263. The Kier molecular flexibility index (Phi) is 6.95. The minimum atomic E-state index is -3.67. The Morgan fingerprint density at radius 3 is 2.23 bits per heavy atom. The van der Waals surface area contributed by atoms with E-state index in [9.17, 15) is 21.6 Å². The monoisotopic (exact) mass is 450 g/mol. The molecule has 3 rings (SSSR count). The van der Waals surface area contributed by atoms with Gasteiger partial charge in [0.15, 0.2) is 9.84 Å². The van der Waals surface area contributed by atoms with Gasteiger partial charge < -0.3 is 4.90 Å². The number of benzene rings is 2. The second kappa shape index (κ2) is 9.28. The summed E-state index contributed by atoms with van der Waals surface area (Å²) in [4.78, 5) is 14.5. The summed E-state index contributed by atoms with van der Waals surface area (Å²) < 4.78 is 52.6. The van der Waals surface area contributed by atoms with Gasteiger partial charge in [0.1, 0.15) is 0 Å². The number of amides is 1. The SMILES string of the molecule is Cc1cccc(S(=O)(=O)NCCC(=O)N2CCC(S(=O)(=O)c3ccccc3)CC2)c1. The topological polar surface area (TPSA) is 101 Å². The lowest BCUT2D eigenvalue weighted by molar-refractivity contribution is -0.131. The number of nitrogens with zero attached hydrogens (tertiary/aromatic N) is 1. The number of carbonyl (C=O) groups is 1. The molecule has 0 atom stereocenters. The number of hydrogen-bond acceptors (Lipinski definition) is 5. The van der Waals surface area contributed by atoms with Crippen LogP contribution in [0.1, 0.15) is 24.8 Å². The third kappa shape index (κ3) is 5.27. The van der Waals surface area contributed by atoms with Crippen molar-refractivity contribution in [3.05, 3.63) is 60.2 Å². The van der Waals surface area contributed by atoms with E-state index < -0.39 is 25.1 Å². The molecule has 0 aliphatic carbocycles. The number of hydrogen-bond donors (Lipinski definition) is 1. The van der Waals surface area contributed by atoms with Gasteiger partial charge in [-0.2, -0.15) is 0 Å². The highest BCUT2D eigenvalue weighted by Gasteiger charge is 2.32. The first-order valence-corrected chi connectivity index (χ1v) is 12.9. The molecule has 1 heterocycles. The van der Waals surface area contributed by atoms with E-state index in [-0.39, 0.29) is 23.8 Å². The molecule has 0 radical (unpaired) electrons. The fourth-order valence-electron chi connectivity index (χ4n) is 3.53. The number of rotatable bonds is 7. The average molecular weight is 451 g/mol. The summed E-state index contributed by atoms with van der Waals surface area (Å²) in [5.74, 6) is -0.183. The summed E-state index contributed by atoms with van der Waals surface area (Å²) in [6.07, 6.45) is 0.775. The molecule has 0 spiro atoms. The summed E-state index contributed by atoms with van der Waals surface area (Å²) in [5.41, 5.74) is 0.835. The van der Waals surface area contributed by atoms with Crippen LogP contribution in [-0.2, 0) is 24.7 Å². The molecule has 1 saturated heterocycles. The summed E-state index contributed by atoms with van der Waals surface area (Å²) >= 11 is 0. The number of nitrogens with one attached hydrogen (secondary N) is 1. The molecule has 30 heavy (non-hydrogen) atoms. The molecule has 1 fully saturated rings. The number of sulfone groups is 1. The largest absolute Gasteiger partial charge is 0.343 e. The van der Waals surface area contributed by atoms with Crippen LogP contribution in [0.4, 0.5) is 0 Å². The Balaban J connectivity index is 1.50. The molecule has 9 heteroatoms. The Morgan fingerprint density at radius 2 is 1.60 bits per heavy atom. The number of sulfonamides is 1. The smallest absolute Gasteiger partial charge is 0.240 e. The molecule has 0 aromatic heterocycles. The first-order valence-electron chi connectivity index (χ1n) is 9.83. The molecule has 0 saturated carbocycles. The molecule has 1 aliphatic rings. The fraction of sp³-hybridized carbons (Fsp3) is 0.381. The predicted molar refractivity (Wildman–Crippen MR) is 114 cm³/mol. The normalized spacial score (nSPS) is 15.8. The molecule has 1 aliphatic heterocycles. The lowest BCUT2D eigenvalue weighted by Gasteiger charge is -2.31. The van der Waals surface area contributed by atoms with Crippen molar-refractivity contribution in [2.45, 2.75) is 41.2 Å². The predicted octanol–water partition coefficient (Wildman–Crippen LogP) is 2.13. The van der Waals surface area contributed by atoms with Gasteiger partial charge in [0.05, 0.1) is 15.0 Å². The van der Waals surface area contributed by atoms with Crippen molar-refractivity contribution in [1.29, 1.82) is 0 Å². The van der Waals surface area contributed by atoms with E-state index in [1.54, 1.807) is 47.4 Å². The zero-order valence-corrected chi connectivity index (χ0v) is 18.5. The molecule has 1 N–H and O–H groups in total. The first-order chi connectivity index (χ1) is 14.2. The molecule has 162 valence electrons. The molecule has 0 unspecified atom stereocenters. The number of likely N-dealkylation sites (tertiary alicyclic amines) is 1. The van der Waals surface area contributed by atoms with Gasteiger partial charge in [-0.05, 0) is 49.6 Å². The number of carbonyl (C=O) groups excluding carboxylic acids is 1. The van der Waals surface area contributed by atoms with Crippen LogP contribution in [0.3, 0.4) is 0 Å². The maximum atomic E-state index is 12.7. The van der Waals surface area contributed by atoms with Crippen molar-refractivity contribution >= 4 is 25.8 Å². The molecular formula is C21H26N2O5S2. The maximum Gasteiger partial charge on any atom is 0.240 e. The zero-order chi connectivity index (χ0) is 21.8. The standard InChI is InChI=1S/C21H26N2O5S2/c1-17-6-5-9-20(16-17)30(27,28)22-13-10-21(24)23-14-11-19(12-15-23)29(25,26)18-7-3-2-4-8-18/h2-9,16,19,22H,10-15H2,1H3. The van der Waals surface area contributed by atoms with Crippen LogP contribution in [-0.4, -0.2) is 52.5 Å². The van der Waals surface area contributed by atoms with Crippen LogP contribution >= 0.6 is 0 Å². The van der Waals surface area contributed by atoms with Crippen LogP contribution in [0.25, 0.3) is 0 Å². The van der Waals surface area contributed by atoms with Crippen molar-refractivity contribution < 1.29 is 21.6 Å². The summed E-state index contributed by atoms with van der Waals surface area (Å²) in [6, 6.07) is 14.9. The van der Waals surface area contributed by atoms with Crippen molar-refractivity contribution in [3.8, 4) is 0 Å². The third-order valence-electron chi connectivity index (χ3n) is 5.24. The van der Waals surface area contributed by atoms with Crippen molar-refractivity contribution in [2.75, 3.05) is 19.6 Å². The number of aryl methyl sites for hydroxylation is 1. The second-order valence-electron chi connectivity index (χ2n) is 7.40. The van der Waals surface area contributed by atoms with Gasteiger partial charge in [-0.25, -0.2) is 21.6 Å². The van der Waals surface area contributed by atoms with Crippen LogP contribution in [0, 0.1) is 6.92 Å². The molecule has 2 aromatic carbocycles. The highest BCUT2D eigenvalue weighted by atomic mass is 32.2. The molecule has 1 amide bonds. The van der Waals surface area contributed by atoms with Gasteiger partial charge in [0, 0.05) is 26.1 Å². The molecular weight excluding hydrogens is 424 g/mol. The van der Waals surface area contributed by atoms with Crippen LogP contribution < -0.4 is 4.72 Å². The Hall–Kier alpha value is -2.23. The molecule has 0 bridgehead atoms. The highest BCUT2D eigenvalue weighted by Crippen LogP contribution is 2.24. The summed E-state index contributed by atoms with van der Waals surface area (Å²) in [5, 5.41) is -0.510. The zero-order valence-electron chi connectivity index (χ0n) is 16.8. The number of piperidine rings is 1. The van der Waals surface area contributed by atoms with Gasteiger partial charge in [-0.3, -0.25) is 4.79 Å². The van der Waals surface area contributed by atoms with E-state index in [4.69, 9.17) is 0 Å². The maximum absolute atomic E-state index is 12.7. The van der Waals surface area contributed by atoms with Crippen molar-refractivity contribution in [3.63, 3.8) is 0 Å². The summed E-state index contributed by atoms with van der Waals surface area (Å²) in [7, 11) is -7.08. The van der Waals surface area contributed by atoms with Crippen molar-refractivity contribution in [1.82, 2.24) is 9.62 Å². The van der Waals surface area contributed by atoms with Gasteiger partial charge in [0.25, 0.3) is 0 Å². The highest BCUT2D eigenvalue weighted by molar-refractivity contribution is 7.92. The van der Waals surface area contributed by atoms with E-state index in [0.29, 0.717) is 30.8 Å². The van der Waals surface area contributed by atoms with Crippen molar-refractivity contribution in [2.24, 2.45) is 0 Å². The van der Waals surface area contributed by atoms with E-state index >= 15 is 0 Å². The van der Waals surface area contributed by atoms with E-state index in [1.165, 1.54) is 6.07 Å². The van der Waals surface area contributed by atoms with Crippen LogP contribution in [0.15, 0.2) is 64.4 Å². The Bertz CT molecular complexity index is 1090. The quantitative estimate of drug-likeness (QED) is 0.696. The minimum Gasteiger partial charge on any atom is -0.343 e. The van der Waals surface area contributed by atoms with Crippen LogP contribution in [0.5, 0.6) is 0 Å². The van der Waals surface area contributed by atoms with E-state index in [0.717, 1.165) is 5.56 Å². The molecule has 2 aromatic rings. The first kappa shape index (κ1) is 22.5. The van der Waals surface area contributed by atoms with Crippen LogP contribution in [0.2, 0.25) is 0 Å². The molecule has 7 nitrogen and oxygen atoms in total. The van der Waals surface area contributed by atoms with Gasteiger partial charge in [-0.1, -0.05) is 30.3 Å². The third-order valence-corrected chi connectivity index (χ3v) is 8.97.